The van der Waals surface area contributed by atoms with Crippen molar-refractivity contribution in [2.45, 2.75) is 0 Å². The zero-order valence-corrected chi connectivity index (χ0v) is 11.7. The van der Waals surface area contributed by atoms with Crippen LogP contribution in [0.5, 0.6) is 0 Å². The van der Waals surface area contributed by atoms with E-state index < -0.39 is 0 Å². The summed E-state index contributed by atoms with van der Waals surface area (Å²) < 4.78 is 0. The molecule has 0 atom stereocenters. The third kappa shape index (κ3) is 2.20. The van der Waals surface area contributed by atoms with Gasteiger partial charge in [0.2, 0.25) is 0 Å². The molecule has 22 heavy (non-hydrogen) atoms. The van der Waals surface area contributed by atoms with Crippen molar-refractivity contribution in [3.63, 3.8) is 0 Å². The third-order valence-electron chi connectivity index (χ3n) is 3.64. The maximum atomic E-state index is 12.4. The number of aromatic amines is 1. The van der Waals surface area contributed by atoms with Gasteiger partial charge in [-0.25, -0.2) is 4.98 Å². The Kier molecular flexibility index (Phi) is 2.86. The molecule has 1 amide bonds. The van der Waals surface area contributed by atoms with E-state index in [4.69, 9.17) is 0 Å². The number of fused-ring (bicyclic) bond motifs is 2. The third-order valence-corrected chi connectivity index (χ3v) is 3.64. The van der Waals surface area contributed by atoms with Gasteiger partial charge < -0.3 is 10.3 Å². The summed E-state index contributed by atoms with van der Waals surface area (Å²) in [7, 11) is 0. The lowest BCUT2D eigenvalue weighted by Gasteiger charge is -2.06. The Hall–Kier alpha value is -3.14. The number of carbonyl (C=O) groups is 1. The predicted octanol–water partition coefficient (Wildman–Crippen LogP) is 3.97. The number of hydrogen-bond acceptors (Lipinski definition) is 2. The van der Waals surface area contributed by atoms with Gasteiger partial charge in [0.15, 0.2) is 0 Å². The van der Waals surface area contributed by atoms with Crippen LogP contribution in [-0.2, 0) is 0 Å². The molecule has 0 aliphatic rings. The Bertz CT molecular complexity index is 988. The van der Waals surface area contributed by atoms with E-state index >= 15 is 0 Å². The fourth-order valence-electron chi connectivity index (χ4n) is 2.52. The highest BCUT2D eigenvalue weighted by Crippen LogP contribution is 2.19. The Labute approximate surface area is 126 Å². The second-order valence-electron chi connectivity index (χ2n) is 5.12. The topological polar surface area (TPSA) is 57.8 Å². The number of para-hydroxylation sites is 1. The molecule has 0 fully saturated rings. The molecule has 0 aliphatic heterocycles. The average molecular weight is 287 g/mol. The first-order chi connectivity index (χ1) is 10.8. The first kappa shape index (κ1) is 12.6. The summed E-state index contributed by atoms with van der Waals surface area (Å²) in [4.78, 5) is 19.9. The summed E-state index contributed by atoms with van der Waals surface area (Å²) in [6.07, 6.45) is 1.88. The van der Waals surface area contributed by atoms with Gasteiger partial charge in [-0.3, -0.25) is 4.79 Å². The molecular weight excluding hydrogens is 274 g/mol. The summed E-state index contributed by atoms with van der Waals surface area (Å²) >= 11 is 0. The molecule has 0 radical (unpaired) electrons. The van der Waals surface area contributed by atoms with Crippen molar-refractivity contribution in [3.8, 4) is 0 Å². The average Bonchev–Trinajstić information content (AvgIpc) is 3.02. The van der Waals surface area contributed by atoms with E-state index in [9.17, 15) is 4.79 Å². The number of pyridine rings is 1. The molecule has 4 rings (SSSR count). The molecule has 0 saturated heterocycles. The molecule has 2 aromatic carbocycles. The van der Waals surface area contributed by atoms with E-state index in [1.807, 2.05) is 60.8 Å². The number of nitrogens with one attached hydrogen (secondary N) is 2. The van der Waals surface area contributed by atoms with Gasteiger partial charge in [0.25, 0.3) is 5.91 Å². The molecule has 0 aliphatic carbocycles. The molecular formula is C18H13N3O. The van der Waals surface area contributed by atoms with Crippen molar-refractivity contribution in [1.82, 2.24) is 9.97 Å². The Morgan fingerprint density at radius 3 is 2.82 bits per heavy atom. The number of carbonyl (C=O) groups excluding carboxylic acids is 1. The number of amides is 1. The van der Waals surface area contributed by atoms with Gasteiger partial charge in [-0.05, 0) is 36.4 Å². The first-order valence-corrected chi connectivity index (χ1v) is 7.04. The lowest BCUT2D eigenvalue weighted by molar-refractivity contribution is 0.102. The maximum Gasteiger partial charge on any atom is 0.274 e. The van der Waals surface area contributed by atoms with Crippen molar-refractivity contribution >= 4 is 33.4 Å². The second-order valence-corrected chi connectivity index (χ2v) is 5.12. The first-order valence-electron chi connectivity index (χ1n) is 7.04. The van der Waals surface area contributed by atoms with Gasteiger partial charge in [0, 0.05) is 28.2 Å². The van der Waals surface area contributed by atoms with Crippen LogP contribution in [0.15, 0.2) is 66.9 Å². The summed E-state index contributed by atoms with van der Waals surface area (Å²) in [5, 5.41) is 4.97. The van der Waals surface area contributed by atoms with Gasteiger partial charge in [-0.15, -0.1) is 0 Å². The molecule has 2 N–H and O–H groups in total. The lowest BCUT2D eigenvalue weighted by atomic mass is 10.2. The standard InChI is InChI=1S/C18H13N3O/c22-18(17-7-5-12-3-1-2-4-16(12)21-17)20-14-6-8-15-13(11-14)9-10-19-15/h1-11,19H,(H,20,22). The van der Waals surface area contributed by atoms with Crippen molar-refractivity contribution in [3.05, 3.63) is 72.6 Å². The molecule has 4 nitrogen and oxygen atoms in total. The summed E-state index contributed by atoms with van der Waals surface area (Å²) in [5.74, 6) is -0.208. The number of rotatable bonds is 2. The molecule has 0 bridgehead atoms. The normalized spacial score (nSPS) is 10.9. The van der Waals surface area contributed by atoms with Crippen molar-refractivity contribution in [2.24, 2.45) is 0 Å². The molecule has 2 aromatic heterocycles. The summed E-state index contributed by atoms with van der Waals surface area (Å²) in [6.45, 7) is 0. The van der Waals surface area contributed by atoms with Crippen molar-refractivity contribution < 1.29 is 4.79 Å². The zero-order valence-electron chi connectivity index (χ0n) is 11.7. The maximum absolute atomic E-state index is 12.4. The number of hydrogen-bond donors (Lipinski definition) is 2. The monoisotopic (exact) mass is 287 g/mol. The molecule has 0 spiro atoms. The fourth-order valence-corrected chi connectivity index (χ4v) is 2.52. The summed E-state index contributed by atoms with van der Waals surface area (Å²) in [6, 6.07) is 19.1. The molecule has 0 saturated carbocycles. The lowest BCUT2D eigenvalue weighted by Crippen LogP contribution is -2.13. The quantitative estimate of drug-likeness (QED) is 0.586. The number of benzene rings is 2. The minimum absolute atomic E-state index is 0.208. The Balaban J connectivity index is 1.64. The van der Waals surface area contributed by atoms with E-state index in [1.165, 1.54) is 0 Å². The number of aromatic nitrogens is 2. The van der Waals surface area contributed by atoms with Crippen LogP contribution in [0.25, 0.3) is 21.8 Å². The Morgan fingerprint density at radius 1 is 0.955 bits per heavy atom. The highest BCUT2D eigenvalue weighted by atomic mass is 16.1. The van der Waals surface area contributed by atoms with E-state index in [2.05, 4.69) is 15.3 Å². The Morgan fingerprint density at radius 2 is 1.86 bits per heavy atom. The molecule has 0 unspecified atom stereocenters. The number of anilines is 1. The van der Waals surface area contributed by atoms with Crippen LogP contribution in [0.2, 0.25) is 0 Å². The highest BCUT2D eigenvalue weighted by Gasteiger charge is 2.09. The largest absolute Gasteiger partial charge is 0.361 e. The van der Waals surface area contributed by atoms with Crippen LogP contribution in [-0.4, -0.2) is 15.9 Å². The van der Waals surface area contributed by atoms with Crippen LogP contribution in [0.4, 0.5) is 5.69 Å². The minimum atomic E-state index is -0.208. The van der Waals surface area contributed by atoms with Crippen molar-refractivity contribution in [2.75, 3.05) is 5.32 Å². The van der Waals surface area contributed by atoms with Crippen LogP contribution < -0.4 is 5.32 Å². The van der Waals surface area contributed by atoms with Crippen molar-refractivity contribution in [1.29, 1.82) is 0 Å². The zero-order chi connectivity index (χ0) is 14.9. The highest BCUT2D eigenvalue weighted by molar-refractivity contribution is 6.04. The number of H-pyrrole nitrogens is 1. The molecule has 4 heteroatoms. The van der Waals surface area contributed by atoms with Gasteiger partial charge >= 0.3 is 0 Å². The number of nitrogens with zero attached hydrogens (tertiary/aromatic N) is 1. The fraction of sp³-hybridized carbons (Fsp3) is 0. The van der Waals surface area contributed by atoms with Gasteiger partial charge in [-0.1, -0.05) is 24.3 Å². The molecule has 2 heterocycles. The molecule has 4 aromatic rings. The van der Waals surface area contributed by atoms with Gasteiger partial charge in [0.05, 0.1) is 5.52 Å². The van der Waals surface area contributed by atoms with E-state index in [0.29, 0.717) is 5.69 Å². The van der Waals surface area contributed by atoms with Gasteiger partial charge in [-0.2, -0.15) is 0 Å². The van der Waals surface area contributed by atoms with Crippen LogP contribution in [0.3, 0.4) is 0 Å². The van der Waals surface area contributed by atoms with E-state index in [0.717, 1.165) is 27.5 Å². The SMILES string of the molecule is O=C(Nc1ccc2[nH]ccc2c1)c1ccc2ccccc2n1. The van der Waals surface area contributed by atoms with E-state index in [-0.39, 0.29) is 5.91 Å². The predicted molar refractivity (Wildman–Crippen MR) is 88.0 cm³/mol. The smallest absolute Gasteiger partial charge is 0.274 e. The summed E-state index contributed by atoms with van der Waals surface area (Å²) in [5.41, 5.74) is 3.03. The minimum Gasteiger partial charge on any atom is -0.361 e. The van der Waals surface area contributed by atoms with E-state index in [1.54, 1.807) is 6.07 Å². The van der Waals surface area contributed by atoms with Gasteiger partial charge in [0.1, 0.15) is 5.69 Å². The van der Waals surface area contributed by atoms with Crippen LogP contribution in [0, 0.1) is 0 Å². The molecule has 106 valence electrons. The second kappa shape index (κ2) is 5.00. The van der Waals surface area contributed by atoms with Crippen LogP contribution >= 0.6 is 0 Å². The van der Waals surface area contributed by atoms with Crippen LogP contribution in [0.1, 0.15) is 10.5 Å².